The summed E-state index contributed by atoms with van der Waals surface area (Å²) in [4.78, 5) is 25.0. The normalized spacial score (nSPS) is 26.2. The lowest BCUT2D eigenvalue weighted by molar-refractivity contribution is -0.0548. The smallest absolute Gasteiger partial charge is 0.317 e. The first kappa shape index (κ1) is 16.0. The number of urea groups is 1. The van der Waals surface area contributed by atoms with Crippen LogP contribution in [0.3, 0.4) is 0 Å². The number of hydrogen-bond donors (Lipinski definition) is 1. The fourth-order valence-corrected chi connectivity index (χ4v) is 3.29. The molecule has 23 heavy (non-hydrogen) atoms. The number of carbonyl (C=O) groups is 1. The van der Waals surface area contributed by atoms with Gasteiger partial charge >= 0.3 is 6.03 Å². The van der Waals surface area contributed by atoms with Crippen LogP contribution in [0.4, 0.5) is 10.7 Å². The molecule has 0 saturated carbocycles. The number of amides is 2. The van der Waals surface area contributed by atoms with E-state index in [1.807, 2.05) is 24.8 Å². The van der Waals surface area contributed by atoms with Gasteiger partial charge in [-0.2, -0.15) is 0 Å². The van der Waals surface area contributed by atoms with Gasteiger partial charge in [-0.3, -0.25) is 0 Å². The van der Waals surface area contributed by atoms with Crippen molar-refractivity contribution < 1.29 is 9.53 Å². The molecule has 0 unspecified atom stereocenters. The third-order valence-corrected chi connectivity index (χ3v) is 4.36. The number of anilines is 1. The number of morpholine rings is 1. The van der Waals surface area contributed by atoms with E-state index < -0.39 is 0 Å². The van der Waals surface area contributed by atoms with Crippen LogP contribution in [0.2, 0.25) is 0 Å². The molecule has 2 aliphatic heterocycles. The molecule has 2 aliphatic rings. The predicted molar refractivity (Wildman–Crippen MR) is 87.4 cm³/mol. The average Bonchev–Trinajstić information content (AvgIpc) is 2.55. The molecule has 0 radical (unpaired) electrons. The van der Waals surface area contributed by atoms with Crippen LogP contribution >= 0.6 is 0 Å². The molecule has 1 N–H and O–H groups in total. The molecular formula is C16H25N5O2. The molecule has 7 nitrogen and oxygen atoms in total. The summed E-state index contributed by atoms with van der Waals surface area (Å²) in [6.07, 6.45) is 5.55. The average molecular weight is 319 g/mol. The van der Waals surface area contributed by atoms with Gasteiger partial charge in [0.05, 0.1) is 12.2 Å². The van der Waals surface area contributed by atoms with Gasteiger partial charge in [-0.15, -0.1) is 0 Å². The van der Waals surface area contributed by atoms with E-state index in [2.05, 4.69) is 20.2 Å². The summed E-state index contributed by atoms with van der Waals surface area (Å²) < 4.78 is 5.68. The van der Waals surface area contributed by atoms with Crippen LogP contribution in [0.25, 0.3) is 0 Å². The Bertz CT molecular complexity index is 508. The monoisotopic (exact) mass is 319 g/mol. The van der Waals surface area contributed by atoms with E-state index in [1.165, 1.54) is 0 Å². The predicted octanol–water partition coefficient (Wildman–Crippen LogP) is 1.26. The molecule has 2 amide bonds. The van der Waals surface area contributed by atoms with E-state index in [9.17, 15) is 4.79 Å². The zero-order valence-corrected chi connectivity index (χ0v) is 13.8. The molecule has 0 aliphatic carbocycles. The van der Waals surface area contributed by atoms with Crippen LogP contribution in [0.15, 0.2) is 18.5 Å². The molecule has 1 aromatic rings. The van der Waals surface area contributed by atoms with Gasteiger partial charge in [-0.1, -0.05) is 0 Å². The number of piperidine rings is 1. The van der Waals surface area contributed by atoms with Gasteiger partial charge in [0.15, 0.2) is 0 Å². The van der Waals surface area contributed by atoms with Crippen molar-refractivity contribution in [2.24, 2.45) is 0 Å². The van der Waals surface area contributed by atoms with E-state index in [-0.39, 0.29) is 24.3 Å². The number of ether oxygens (including phenoxy) is 1. The van der Waals surface area contributed by atoms with Crippen molar-refractivity contribution in [2.75, 3.05) is 31.1 Å². The Kier molecular flexibility index (Phi) is 4.95. The SMILES string of the molecule is C[C@H]1CN(C(=O)NC2CCN(c3ncccn3)CC2)C[C@H](C)O1. The number of carbonyl (C=O) groups excluding carboxylic acids is 1. The van der Waals surface area contributed by atoms with Gasteiger partial charge in [-0.25, -0.2) is 14.8 Å². The van der Waals surface area contributed by atoms with Crippen molar-refractivity contribution in [1.82, 2.24) is 20.2 Å². The largest absolute Gasteiger partial charge is 0.372 e. The van der Waals surface area contributed by atoms with Crippen molar-refractivity contribution in [3.05, 3.63) is 18.5 Å². The van der Waals surface area contributed by atoms with Crippen LogP contribution in [0.5, 0.6) is 0 Å². The highest BCUT2D eigenvalue weighted by molar-refractivity contribution is 5.74. The van der Waals surface area contributed by atoms with Crippen LogP contribution in [0, 0.1) is 0 Å². The zero-order chi connectivity index (χ0) is 16.2. The molecule has 1 aromatic heterocycles. The highest BCUT2D eigenvalue weighted by Gasteiger charge is 2.28. The molecule has 2 saturated heterocycles. The summed E-state index contributed by atoms with van der Waals surface area (Å²) in [5.74, 6) is 0.771. The Morgan fingerprint density at radius 3 is 2.39 bits per heavy atom. The molecule has 0 spiro atoms. The lowest BCUT2D eigenvalue weighted by Gasteiger charge is -2.37. The second-order valence-corrected chi connectivity index (χ2v) is 6.42. The van der Waals surface area contributed by atoms with Gasteiger partial charge in [0.2, 0.25) is 5.95 Å². The summed E-state index contributed by atoms with van der Waals surface area (Å²) in [5.41, 5.74) is 0. The van der Waals surface area contributed by atoms with E-state index in [4.69, 9.17) is 4.74 Å². The Labute approximate surface area is 137 Å². The standard InChI is InChI=1S/C16H25N5O2/c1-12-10-21(11-13(2)23-12)16(22)19-14-4-8-20(9-5-14)15-17-6-3-7-18-15/h3,6-7,12-14H,4-5,8-11H2,1-2H3,(H,19,22)/t12-,13-/m0/s1. The minimum Gasteiger partial charge on any atom is -0.372 e. The minimum absolute atomic E-state index is 0.0291. The van der Waals surface area contributed by atoms with E-state index in [1.54, 1.807) is 12.4 Å². The van der Waals surface area contributed by atoms with Crippen LogP contribution in [-0.4, -0.2) is 65.3 Å². The molecule has 3 rings (SSSR count). The third-order valence-electron chi connectivity index (χ3n) is 4.36. The van der Waals surface area contributed by atoms with Gasteiger partial charge in [0.1, 0.15) is 0 Å². The maximum atomic E-state index is 12.4. The molecule has 0 aromatic carbocycles. The van der Waals surface area contributed by atoms with Crippen molar-refractivity contribution in [1.29, 1.82) is 0 Å². The maximum absolute atomic E-state index is 12.4. The van der Waals surface area contributed by atoms with Crippen molar-refractivity contribution in [3.63, 3.8) is 0 Å². The fraction of sp³-hybridized carbons (Fsp3) is 0.688. The first-order chi connectivity index (χ1) is 11.1. The Morgan fingerprint density at radius 2 is 1.78 bits per heavy atom. The Balaban J connectivity index is 1.48. The van der Waals surface area contributed by atoms with E-state index >= 15 is 0 Å². The van der Waals surface area contributed by atoms with Gasteiger partial charge in [-0.05, 0) is 32.8 Å². The summed E-state index contributed by atoms with van der Waals surface area (Å²) in [5, 5.41) is 3.17. The Morgan fingerprint density at radius 1 is 1.17 bits per heavy atom. The van der Waals surface area contributed by atoms with Crippen molar-refractivity contribution in [3.8, 4) is 0 Å². The lowest BCUT2D eigenvalue weighted by atomic mass is 10.1. The quantitative estimate of drug-likeness (QED) is 0.889. The Hall–Kier alpha value is -1.89. The van der Waals surface area contributed by atoms with E-state index in [0.717, 1.165) is 31.9 Å². The summed E-state index contributed by atoms with van der Waals surface area (Å²) in [7, 11) is 0. The molecule has 126 valence electrons. The minimum atomic E-state index is 0.0291. The number of nitrogens with one attached hydrogen (secondary N) is 1. The van der Waals surface area contributed by atoms with Crippen LogP contribution < -0.4 is 10.2 Å². The van der Waals surface area contributed by atoms with Crippen LogP contribution in [0.1, 0.15) is 26.7 Å². The highest BCUT2D eigenvalue weighted by atomic mass is 16.5. The molecule has 7 heteroatoms. The number of aromatic nitrogens is 2. The van der Waals surface area contributed by atoms with Crippen molar-refractivity contribution >= 4 is 12.0 Å². The number of rotatable bonds is 2. The van der Waals surface area contributed by atoms with Gasteiger partial charge in [0.25, 0.3) is 0 Å². The zero-order valence-electron chi connectivity index (χ0n) is 13.8. The summed E-state index contributed by atoms with van der Waals surface area (Å²) in [6, 6.07) is 2.07. The summed E-state index contributed by atoms with van der Waals surface area (Å²) in [6.45, 7) is 7.07. The second kappa shape index (κ2) is 7.12. The maximum Gasteiger partial charge on any atom is 0.317 e. The number of nitrogens with zero attached hydrogens (tertiary/aromatic N) is 4. The van der Waals surface area contributed by atoms with Gasteiger partial charge in [0, 0.05) is 44.6 Å². The fourth-order valence-electron chi connectivity index (χ4n) is 3.29. The third kappa shape index (κ3) is 4.10. The highest BCUT2D eigenvalue weighted by Crippen LogP contribution is 2.16. The molecule has 2 fully saturated rings. The number of hydrogen-bond acceptors (Lipinski definition) is 5. The molecule has 2 atom stereocenters. The lowest BCUT2D eigenvalue weighted by Crippen LogP contribution is -2.55. The first-order valence-corrected chi connectivity index (χ1v) is 8.34. The summed E-state index contributed by atoms with van der Waals surface area (Å²) >= 11 is 0. The molecule has 0 bridgehead atoms. The molecular weight excluding hydrogens is 294 g/mol. The first-order valence-electron chi connectivity index (χ1n) is 8.34. The van der Waals surface area contributed by atoms with E-state index in [0.29, 0.717) is 13.1 Å². The van der Waals surface area contributed by atoms with Crippen LogP contribution in [-0.2, 0) is 4.74 Å². The van der Waals surface area contributed by atoms with Gasteiger partial charge < -0.3 is 19.9 Å². The topological polar surface area (TPSA) is 70.6 Å². The second-order valence-electron chi connectivity index (χ2n) is 6.42. The van der Waals surface area contributed by atoms with Crippen molar-refractivity contribution in [2.45, 2.75) is 44.9 Å². The molecule has 3 heterocycles.